The van der Waals surface area contributed by atoms with Crippen LogP contribution in [0, 0.1) is 17.0 Å². The van der Waals surface area contributed by atoms with Crippen LogP contribution in [0.1, 0.15) is 26.4 Å². The van der Waals surface area contributed by atoms with Crippen LogP contribution in [0.4, 0.5) is 5.69 Å². The SMILES string of the molecule is COc1cc(/C=N\NC(=O)c2cc3cc([N+](=O)[O-])ccc3s2)c(Br)cc1OCc1cccc(C)c1. The van der Waals surface area contributed by atoms with Crippen LogP contribution in [-0.2, 0) is 6.61 Å². The first-order chi connectivity index (χ1) is 16.8. The number of methoxy groups -OCH3 is 1. The molecule has 0 aliphatic carbocycles. The Morgan fingerprint density at radius 2 is 2.00 bits per heavy atom. The molecule has 0 spiro atoms. The molecular weight excluding hydrogens is 534 g/mol. The Labute approximate surface area is 213 Å². The van der Waals surface area contributed by atoms with Crippen LogP contribution in [0.3, 0.4) is 0 Å². The summed E-state index contributed by atoms with van der Waals surface area (Å²) in [7, 11) is 1.55. The van der Waals surface area contributed by atoms with Gasteiger partial charge in [-0.25, -0.2) is 5.43 Å². The normalized spacial score (nSPS) is 11.1. The average molecular weight is 554 g/mol. The Balaban J connectivity index is 1.45. The third kappa shape index (κ3) is 5.84. The fourth-order valence-electron chi connectivity index (χ4n) is 3.36. The molecule has 0 saturated heterocycles. The smallest absolute Gasteiger partial charge is 0.281 e. The van der Waals surface area contributed by atoms with Gasteiger partial charge in [-0.1, -0.05) is 29.8 Å². The minimum atomic E-state index is -0.466. The molecule has 35 heavy (non-hydrogen) atoms. The number of hydrogen-bond donors (Lipinski definition) is 1. The van der Waals surface area contributed by atoms with Crippen molar-refractivity contribution in [2.24, 2.45) is 5.10 Å². The van der Waals surface area contributed by atoms with Crippen molar-refractivity contribution in [1.29, 1.82) is 0 Å². The molecule has 178 valence electrons. The van der Waals surface area contributed by atoms with E-state index in [1.54, 1.807) is 31.4 Å². The number of thiophene rings is 1. The second kappa shape index (κ2) is 10.7. The van der Waals surface area contributed by atoms with Crippen molar-refractivity contribution in [3.05, 3.63) is 96.8 Å². The van der Waals surface area contributed by atoms with Gasteiger partial charge in [-0.15, -0.1) is 11.3 Å². The number of ether oxygens (including phenoxy) is 2. The number of carbonyl (C=O) groups is 1. The highest BCUT2D eigenvalue weighted by atomic mass is 79.9. The van der Waals surface area contributed by atoms with E-state index in [9.17, 15) is 14.9 Å². The fraction of sp³-hybridized carbons (Fsp3) is 0.120. The second-order valence-electron chi connectivity index (χ2n) is 7.59. The van der Waals surface area contributed by atoms with E-state index < -0.39 is 10.8 Å². The molecule has 0 saturated carbocycles. The summed E-state index contributed by atoms with van der Waals surface area (Å²) in [5, 5.41) is 15.6. The van der Waals surface area contributed by atoms with E-state index in [2.05, 4.69) is 32.5 Å². The zero-order valence-electron chi connectivity index (χ0n) is 18.8. The van der Waals surface area contributed by atoms with Gasteiger partial charge in [0, 0.05) is 32.3 Å². The molecule has 0 radical (unpaired) electrons. The maximum atomic E-state index is 12.5. The van der Waals surface area contributed by atoms with E-state index >= 15 is 0 Å². The lowest BCUT2D eigenvalue weighted by molar-refractivity contribution is -0.384. The van der Waals surface area contributed by atoms with Gasteiger partial charge in [0.1, 0.15) is 6.61 Å². The summed E-state index contributed by atoms with van der Waals surface area (Å²) < 4.78 is 12.9. The molecule has 4 rings (SSSR count). The molecule has 1 heterocycles. The molecule has 1 N–H and O–H groups in total. The van der Waals surface area contributed by atoms with Gasteiger partial charge >= 0.3 is 0 Å². The zero-order valence-corrected chi connectivity index (χ0v) is 21.2. The number of benzene rings is 3. The first-order valence-electron chi connectivity index (χ1n) is 10.4. The molecule has 10 heteroatoms. The predicted molar refractivity (Wildman–Crippen MR) is 140 cm³/mol. The number of nitrogens with zero attached hydrogens (tertiary/aromatic N) is 2. The third-order valence-corrected chi connectivity index (χ3v) is 6.87. The summed E-state index contributed by atoms with van der Waals surface area (Å²) in [6.07, 6.45) is 1.49. The minimum absolute atomic E-state index is 0.0228. The van der Waals surface area contributed by atoms with E-state index in [-0.39, 0.29) is 5.69 Å². The third-order valence-electron chi connectivity index (χ3n) is 5.06. The number of hydrogen-bond acceptors (Lipinski definition) is 7. The summed E-state index contributed by atoms with van der Waals surface area (Å²) in [5.74, 6) is 0.687. The number of nitro groups is 1. The Kier molecular flexibility index (Phi) is 7.42. The fourth-order valence-corrected chi connectivity index (χ4v) is 4.71. The molecule has 0 fully saturated rings. The van der Waals surface area contributed by atoms with Crippen molar-refractivity contribution in [2.45, 2.75) is 13.5 Å². The number of rotatable bonds is 8. The first-order valence-corrected chi connectivity index (χ1v) is 12.0. The lowest BCUT2D eigenvalue weighted by atomic mass is 10.1. The van der Waals surface area contributed by atoms with Gasteiger partial charge in [-0.05, 0) is 52.7 Å². The van der Waals surface area contributed by atoms with Gasteiger partial charge in [-0.2, -0.15) is 5.10 Å². The number of carbonyl (C=O) groups excluding carboxylic acids is 1. The number of nitrogens with one attached hydrogen (secondary N) is 1. The van der Waals surface area contributed by atoms with E-state index in [0.29, 0.717) is 38.4 Å². The number of amides is 1. The molecule has 3 aromatic carbocycles. The Hall–Kier alpha value is -3.76. The van der Waals surface area contributed by atoms with Crippen LogP contribution in [0.15, 0.2) is 70.2 Å². The zero-order chi connectivity index (χ0) is 24.9. The van der Waals surface area contributed by atoms with Crippen LogP contribution in [0.2, 0.25) is 0 Å². The van der Waals surface area contributed by atoms with Crippen molar-refractivity contribution in [3.8, 4) is 11.5 Å². The lowest BCUT2D eigenvalue weighted by Gasteiger charge is -2.13. The van der Waals surface area contributed by atoms with Crippen LogP contribution in [0.25, 0.3) is 10.1 Å². The highest BCUT2D eigenvalue weighted by Crippen LogP contribution is 2.33. The monoisotopic (exact) mass is 553 g/mol. The van der Waals surface area contributed by atoms with Gasteiger partial charge in [-0.3, -0.25) is 14.9 Å². The summed E-state index contributed by atoms with van der Waals surface area (Å²) >= 11 is 4.74. The Morgan fingerprint density at radius 1 is 1.17 bits per heavy atom. The Morgan fingerprint density at radius 3 is 2.74 bits per heavy atom. The maximum Gasteiger partial charge on any atom is 0.281 e. The van der Waals surface area contributed by atoms with E-state index in [4.69, 9.17) is 9.47 Å². The topological polar surface area (TPSA) is 103 Å². The molecule has 1 aromatic heterocycles. The minimum Gasteiger partial charge on any atom is -0.493 e. The van der Waals surface area contributed by atoms with Crippen LogP contribution in [-0.4, -0.2) is 24.2 Å². The molecule has 8 nitrogen and oxygen atoms in total. The molecule has 0 aliphatic heterocycles. The van der Waals surface area contributed by atoms with E-state index in [1.807, 2.05) is 25.1 Å². The highest BCUT2D eigenvalue weighted by Gasteiger charge is 2.14. The van der Waals surface area contributed by atoms with Crippen molar-refractivity contribution < 1.29 is 19.2 Å². The Bertz CT molecular complexity index is 1450. The van der Waals surface area contributed by atoms with Gasteiger partial charge in [0.05, 0.1) is 23.1 Å². The van der Waals surface area contributed by atoms with Crippen LogP contribution in [0.5, 0.6) is 11.5 Å². The molecule has 1 amide bonds. The van der Waals surface area contributed by atoms with Crippen molar-refractivity contribution in [3.63, 3.8) is 0 Å². The molecule has 0 aliphatic rings. The number of hydrazone groups is 1. The highest BCUT2D eigenvalue weighted by molar-refractivity contribution is 9.10. The van der Waals surface area contributed by atoms with Crippen molar-refractivity contribution >= 4 is 55.2 Å². The largest absolute Gasteiger partial charge is 0.493 e. The van der Waals surface area contributed by atoms with Crippen molar-refractivity contribution in [1.82, 2.24) is 5.43 Å². The van der Waals surface area contributed by atoms with Gasteiger partial charge in [0.2, 0.25) is 0 Å². The van der Waals surface area contributed by atoms with Gasteiger partial charge in [0.25, 0.3) is 11.6 Å². The van der Waals surface area contributed by atoms with Gasteiger partial charge in [0.15, 0.2) is 11.5 Å². The standard InChI is InChI=1S/C25H20BrN3O5S/c1-15-4-3-5-16(8-15)14-34-22-12-20(26)18(10-21(22)33-2)13-27-28-25(30)24-11-17-9-19(29(31)32)6-7-23(17)35-24/h3-13H,14H2,1-2H3,(H,28,30)/b27-13-. The first kappa shape index (κ1) is 24.4. The van der Waals surface area contributed by atoms with E-state index in [0.717, 1.165) is 15.8 Å². The lowest BCUT2D eigenvalue weighted by Crippen LogP contribution is -2.16. The number of halogens is 1. The van der Waals surface area contributed by atoms with E-state index in [1.165, 1.54) is 29.7 Å². The molecule has 0 unspecified atom stereocenters. The van der Waals surface area contributed by atoms with Crippen LogP contribution >= 0.6 is 27.3 Å². The molecular formula is C25H20BrN3O5S. The maximum absolute atomic E-state index is 12.5. The quantitative estimate of drug-likeness (QED) is 0.158. The van der Waals surface area contributed by atoms with Crippen LogP contribution < -0.4 is 14.9 Å². The predicted octanol–water partition coefficient (Wildman–Crippen LogP) is 6.23. The molecule has 4 aromatic rings. The number of nitro benzene ring substituents is 1. The summed E-state index contributed by atoms with van der Waals surface area (Å²) in [5.41, 5.74) is 5.35. The average Bonchev–Trinajstić information content (AvgIpc) is 3.27. The van der Waals surface area contributed by atoms with Crippen molar-refractivity contribution in [2.75, 3.05) is 7.11 Å². The summed E-state index contributed by atoms with van der Waals surface area (Å²) in [6, 6.07) is 17.7. The number of aryl methyl sites for hydroxylation is 1. The number of fused-ring (bicyclic) bond motifs is 1. The summed E-state index contributed by atoms with van der Waals surface area (Å²) in [6.45, 7) is 2.42. The van der Waals surface area contributed by atoms with Gasteiger partial charge < -0.3 is 9.47 Å². The summed E-state index contributed by atoms with van der Waals surface area (Å²) in [4.78, 5) is 23.4. The number of non-ortho nitro benzene ring substituents is 1. The molecule has 0 atom stereocenters. The molecule has 0 bridgehead atoms. The second-order valence-corrected chi connectivity index (χ2v) is 9.53.